The smallest absolute Gasteiger partial charge is 0.125 e. The van der Waals surface area contributed by atoms with Crippen molar-refractivity contribution in [3.63, 3.8) is 0 Å². The van der Waals surface area contributed by atoms with Crippen LogP contribution in [0.1, 0.15) is 32.2 Å². The van der Waals surface area contributed by atoms with Gasteiger partial charge < -0.3 is 5.32 Å². The van der Waals surface area contributed by atoms with E-state index in [4.69, 9.17) is 24.4 Å². The average Bonchev–Trinajstić information content (AvgIpc) is 2.33. The molecule has 2 nitrogen and oxygen atoms in total. The maximum absolute atomic E-state index is 5.30. The van der Waals surface area contributed by atoms with E-state index in [0.29, 0.717) is 9.74 Å². The Kier molecular flexibility index (Phi) is 6.18. The first-order chi connectivity index (χ1) is 8.42. The Morgan fingerprint density at radius 3 is 2.78 bits per heavy atom. The van der Waals surface area contributed by atoms with Gasteiger partial charge in [0.1, 0.15) is 4.99 Å². The van der Waals surface area contributed by atoms with Gasteiger partial charge in [-0.05, 0) is 12.1 Å². The molecule has 0 spiro atoms. The molecule has 0 saturated carbocycles. The largest absolute Gasteiger partial charge is 0.374 e. The van der Waals surface area contributed by atoms with Gasteiger partial charge in [0.15, 0.2) is 0 Å². The van der Waals surface area contributed by atoms with Crippen LogP contribution in [-0.4, -0.2) is 32.4 Å². The van der Waals surface area contributed by atoms with E-state index >= 15 is 0 Å². The summed E-state index contributed by atoms with van der Waals surface area (Å²) in [5.74, 6) is 1.02. The van der Waals surface area contributed by atoms with Gasteiger partial charge in [-0.1, -0.05) is 51.3 Å². The molecule has 0 radical (unpaired) electrons. The van der Waals surface area contributed by atoms with Crippen molar-refractivity contribution in [3.8, 4) is 0 Å². The summed E-state index contributed by atoms with van der Waals surface area (Å²) in [5.41, 5.74) is 1.56. The van der Waals surface area contributed by atoms with E-state index in [0.717, 1.165) is 23.7 Å². The fourth-order valence-electron chi connectivity index (χ4n) is 1.26. The number of rotatable bonds is 5. The molecular weight excluding hydrogens is 280 g/mol. The van der Waals surface area contributed by atoms with Crippen LogP contribution in [0.5, 0.6) is 0 Å². The molecular formula is C13H18N2S3. The van der Waals surface area contributed by atoms with Gasteiger partial charge in [0.25, 0.3) is 0 Å². The second-order valence-electron chi connectivity index (χ2n) is 4.78. The van der Waals surface area contributed by atoms with E-state index in [2.05, 4.69) is 31.1 Å². The molecule has 1 aromatic heterocycles. The zero-order chi connectivity index (χ0) is 13.6. The zero-order valence-corrected chi connectivity index (χ0v) is 13.3. The summed E-state index contributed by atoms with van der Waals surface area (Å²) in [6, 6.07) is 5.68. The van der Waals surface area contributed by atoms with Crippen LogP contribution in [0.15, 0.2) is 18.2 Å². The predicted molar refractivity (Wildman–Crippen MR) is 88.9 cm³/mol. The second-order valence-corrected chi connectivity index (χ2v) is 7.35. The molecule has 0 aliphatic rings. The summed E-state index contributed by atoms with van der Waals surface area (Å²) < 4.78 is 0.290. The zero-order valence-electron chi connectivity index (χ0n) is 10.9. The van der Waals surface area contributed by atoms with Gasteiger partial charge in [-0.25, -0.2) is 4.98 Å². The standard InChI is InChI=1S/C13H18N2S3/c1-13(2,3)18-8-7-14-12(17)11-6-4-5-10(9-16)15-11/h4-6,9H,7-8H2,1-3H3,(H,14,17). The van der Waals surface area contributed by atoms with Crippen molar-refractivity contribution in [2.24, 2.45) is 0 Å². The van der Waals surface area contributed by atoms with Crippen LogP contribution >= 0.6 is 36.2 Å². The average molecular weight is 299 g/mol. The van der Waals surface area contributed by atoms with E-state index in [1.807, 2.05) is 30.0 Å². The minimum Gasteiger partial charge on any atom is -0.374 e. The van der Waals surface area contributed by atoms with Crippen LogP contribution in [0.25, 0.3) is 0 Å². The van der Waals surface area contributed by atoms with E-state index in [-0.39, 0.29) is 0 Å². The Bertz CT molecular complexity index is 424. The molecule has 18 heavy (non-hydrogen) atoms. The highest BCUT2D eigenvalue weighted by Gasteiger charge is 2.10. The first-order valence-electron chi connectivity index (χ1n) is 5.77. The molecule has 0 saturated heterocycles. The lowest BCUT2D eigenvalue weighted by atomic mass is 10.3. The molecule has 1 aromatic rings. The normalized spacial score (nSPS) is 11.1. The Hall–Kier alpha value is -0.520. The van der Waals surface area contributed by atoms with Gasteiger partial charge in [-0.15, -0.1) is 0 Å². The molecule has 0 unspecified atom stereocenters. The number of hydrogen-bond acceptors (Lipinski definition) is 4. The summed E-state index contributed by atoms with van der Waals surface area (Å²) in [6.45, 7) is 7.48. The maximum atomic E-state index is 5.30. The molecule has 0 amide bonds. The molecule has 98 valence electrons. The van der Waals surface area contributed by atoms with Gasteiger partial charge in [0, 0.05) is 22.4 Å². The molecule has 0 aliphatic carbocycles. The molecule has 0 bridgehead atoms. The lowest BCUT2D eigenvalue weighted by molar-refractivity contribution is 0.800. The van der Waals surface area contributed by atoms with Gasteiger partial charge in [-0.3, -0.25) is 0 Å². The quantitative estimate of drug-likeness (QED) is 0.665. The van der Waals surface area contributed by atoms with Crippen LogP contribution in [0, 0.1) is 0 Å². The van der Waals surface area contributed by atoms with E-state index in [9.17, 15) is 0 Å². The lowest BCUT2D eigenvalue weighted by Crippen LogP contribution is -2.27. The Morgan fingerprint density at radius 1 is 1.44 bits per heavy atom. The Labute approximate surface area is 124 Å². The van der Waals surface area contributed by atoms with Crippen molar-refractivity contribution in [2.75, 3.05) is 12.3 Å². The van der Waals surface area contributed by atoms with Crippen LogP contribution in [-0.2, 0) is 0 Å². The van der Waals surface area contributed by atoms with Crippen LogP contribution in [0.4, 0.5) is 0 Å². The molecule has 5 heteroatoms. The third kappa shape index (κ3) is 5.89. The summed E-state index contributed by atoms with van der Waals surface area (Å²) in [6.07, 6.45) is 0. The van der Waals surface area contributed by atoms with Gasteiger partial charge in [-0.2, -0.15) is 11.8 Å². The van der Waals surface area contributed by atoms with E-state index in [1.165, 1.54) is 0 Å². The first kappa shape index (κ1) is 15.5. The van der Waals surface area contributed by atoms with Crippen molar-refractivity contribution in [2.45, 2.75) is 25.5 Å². The Morgan fingerprint density at radius 2 is 2.17 bits per heavy atom. The third-order valence-corrected chi connectivity index (χ3v) is 3.92. The monoisotopic (exact) mass is 298 g/mol. The number of hydrogen-bond donors (Lipinski definition) is 1. The minimum absolute atomic E-state index is 0.290. The van der Waals surface area contributed by atoms with E-state index in [1.54, 1.807) is 5.37 Å². The van der Waals surface area contributed by atoms with Crippen molar-refractivity contribution < 1.29 is 0 Å². The summed E-state index contributed by atoms with van der Waals surface area (Å²) >= 11 is 12.1. The highest BCUT2D eigenvalue weighted by molar-refractivity contribution is 8.00. The molecule has 1 N–H and O–H groups in total. The predicted octanol–water partition coefficient (Wildman–Crippen LogP) is 3.23. The summed E-state index contributed by atoms with van der Waals surface area (Å²) in [5, 5.41) is 4.78. The maximum Gasteiger partial charge on any atom is 0.125 e. The fourth-order valence-corrected chi connectivity index (χ4v) is 2.42. The van der Waals surface area contributed by atoms with Crippen molar-refractivity contribution >= 4 is 46.6 Å². The number of thioether (sulfide) groups is 1. The highest BCUT2D eigenvalue weighted by Crippen LogP contribution is 2.22. The number of aromatic nitrogens is 1. The van der Waals surface area contributed by atoms with Crippen LogP contribution in [0.3, 0.4) is 0 Å². The van der Waals surface area contributed by atoms with Gasteiger partial charge >= 0.3 is 0 Å². The topological polar surface area (TPSA) is 24.9 Å². The second kappa shape index (κ2) is 7.16. The molecule has 0 fully saturated rings. The fraction of sp³-hybridized carbons (Fsp3) is 0.462. The third-order valence-electron chi connectivity index (χ3n) is 2.05. The van der Waals surface area contributed by atoms with Gasteiger partial charge in [0.2, 0.25) is 0 Å². The minimum atomic E-state index is 0.290. The van der Waals surface area contributed by atoms with Crippen LogP contribution in [0.2, 0.25) is 0 Å². The lowest BCUT2D eigenvalue weighted by Gasteiger charge is -2.17. The van der Waals surface area contributed by atoms with E-state index < -0.39 is 0 Å². The number of nitrogens with zero attached hydrogens (tertiary/aromatic N) is 1. The first-order valence-corrected chi connectivity index (χ1v) is 7.63. The molecule has 1 rings (SSSR count). The molecule has 0 atom stereocenters. The molecule has 1 heterocycles. The highest BCUT2D eigenvalue weighted by atomic mass is 32.2. The summed E-state index contributed by atoms with van der Waals surface area (Å²) in [4.78, 5) is 5.03. The van der Waals surface area contributed by atoms with Gasteiger partial charge in [0.05, 0.1) is 11.4 Å². The molecule has 0 aromatic carbocycles. The van der Waals surface area contributed by atoms with Crippen molar-refractivity contribution in [1.82, 2.24) is 10.3 Å². The SMILES string of the molecule is CC(C)(C)SCCNC(=S)c1cccc(C=S)n1. The number of nitrogens with one attached hydrogen (secondary N) is 1. The van der Waals surface area contributed by atoms with Crippen molar-refractivity contribution in [3.05, 3.63) is 29.6 Å². The number of pyridine rings is 1. The molecule has 0 aliphatic heterocycles. The van der Waals surface area contributed by atoms with Crippen molar-refractivity contribution in [1.29, 1.82) is 0 Å². The number of thiocarbonyl (C=S) groups is 2. The summed E-state index contributed by atoms with van der Waals surface area (Å²) in [7, 11) is 0. The van der Waals surface area contributed by atoms with Crippen LogP contribution < -0.4 is 5.32 Å². The Balaban J connectivity index is 2.43.